The minimum Gasteiger partial charge on any atom is -0.486 e. The number of benzene rings is 1. The Morgan fingerprint density at radius 1 is 1.30 bits per heavy atom. The fraction of sp³-hybridized carbons (Fsp3) is 0.286. The van der Waals surface area contributed by atoms with E-state index in [0.29, 0.717) is 35.6 Å². The highest BCUT2D eigenvalue weighted by Crippen LogP contribution is 2.32. The minimum absolute atomic E-state index is 0.0993. The number of ether oxygens (including phenoxy) is 2. The maximum absolute atomic E-state index is 12.0. The molecule has 8 nitrogen and oxygen atoms in total. The number of hydrogen-bond donors (Lipinski definition) is 2. The Balaban J connectivity index is 1.58. The Morgan fingerprint density at radius 3 is 2.87 bits per heavy atom. The lowest BCUT2D eigenvalue weighted by molar-refractivity contribution is -0.113. The van der Waals surface area contributed by atoms with Gasteiger partial charge in [0.15, 0.2) is 16.7 Å². The standard InChI is InChI=1S/C14H14N4O4S/c1-8-13(20)16-14(18-17-8)23-7-12(19)15-9-2-3-10-11(6-9)22-5-4-21-10/h2-3,6H,4-5,7H2,1H3,(H,15,19)(H,16,18,20). The molecule has 0 saturated heterocycles. The lowest BCUT2D eigenvalue weighted by Gasteiger charge is -2.18. The zero-order valence-electron chi connectivity index (χ0n) is 12.3. The lowest BCUT2D eigenvalue weighted by Crippen LogP contribution is -2.18. The van der Waals surface area contributed by atoms with Crippen molar-refractivity contribution >= 4 is 23.4 Å². The number of carbonyl (C=O) groups is 1. The molecule has 0 spiro atoms. The van der Waals surface area contributed by atoms with Crippen molar-refractivity contribution in [1.29, 1.82) is 0 Å². The van der Waals surface area contributed by atoms with Crippen LogP contribution in [-0.2, 0) is 4.79 Å². The summed E-state index contributed by atoms with van der Waals surface area (Å²) in [5.74, 6) is 1.14. The van der Waals surface area contributed by atoms with E-state index in [9.17, 15) is 9.59 Å². The summed E-state index contributed by atoms with van der Waals surface area (Å²) in [6.07, 6.45) is 0. The minimum atomic E-state index is -0.310. The number of hydrogen-bond acceptors (Lipinski definition) is 7. The van der Waals surface area contributed by atoms with Crippen molar-refractivity contribution in [3.63, 3.8) is 0 Å². The smallest absolute Gasteiger partial charge is 0.273 e. The Kier molecular flexibility index (Phi) is 4.47. The molecule has 2 aromatic rings. The first-order valence-electron chi connectivity index (χ1n) is 6.88. The van der Waals surface area contributed by atoms with Gasteiger partial charge in [0.1, 0.15) is 18.9 Å². The average molecular weight is 334 g/mol. The molecule has 1 aromatic heterocycles. The molecule has 3 rings (SSSR count). The second kappa shape index (κ2) is 6.69. The zero-order chi connectivity index (χ0) is 16.2. The van der Waals surface area contributed by atoms with Crippen LogP contribution in [0.3, 0.4) is 0 Å². The third kappa shape index (κ3) is 3.81. The van der Waals surface area contributed by atoms with E-state index in [4.69, 9.17) is 9.47 Å². The third-order valence-electron chi connectivity index (χ3n) is 3.01. The first-order valence-corrected chi connectivity index (χ1v) is 7.86. The highest BCUT2D eigenvalue weighted by molar-refractivity contribution is 7.99. The van der Waals surface area contributed by atoms with Crippen LogP contribution in [0.25, 0.3) is 0 Å². The molecular weight excluding hydrogens is 320 g/mol. The zero-order valence-corrected chi connectivity index (χ0v) is 13.1. The molecule has 0 bridgehead atoms. The summed E-state index contributed by atoms with van der Waals surface area (Å²) in [6, 6.07) is 5.20. The topological polar surface area (TPSA) is 106 Å². The third-order valence-corrected chi connectivity index (χ3v) is 3.87. The maximum atomic E-state index is 12.0. The maximum Gasteiger partial charge on any atom is 0.273 e. The molecule has 23 heavy (non-hydrogen) atoms. The number of rotatable bonds is 4. The molecular formula is C14H14N4O4S. The van der Waals surface area contributed by atoms with Crippen LogP contribution >= 0.6 is 11.8 Å². The first-order chi connectivity index (χ1) is 11.1. The van der Waals surface area contributed by atoms with Crippen molar-refractivity contribution in [3.8, 4) is 11.5 Å². The van der Waals surface area contributed by atoms with Crippen LogP contribution < -0.4 is 20.3 Å². The van der Waals surface area contributed by atoms with Gasteiger partial charge in [-0.05, 0) is 19.1 Å². The summed E-state index contributed by atoms with van der Waals surface area (Å²) in [6.45, 7) is 2.57. The SMILES string of the molecule is Cc1nnc(SCC(=O)Nc2ccc3c(c2)OCCO3)[nH]c1=O. The number of aromatic amines is 1. The predicted molar refractivity (Wildman–Crippen MR) is 84.2 cm³/mol. The molecule has 1 aromatic carbocycles. The number of nitrogens with zero attached hydrogens (tertiary/aromatic N) is 2. The number of anilines is 1. The molecule has 9 heteroatoms. The van der Waals surface area contributed by atoms with E-state index in [-0.39, 0.29) is 22.9 Å². The molecule has 1 amide bonds. The van der Waals surface area contributed by atoms with Gasteiger partial charge in [-0.1, -0.05) is 11.8 Å². The van der Waals surface area contributed by atoms with Gasteiger partial charge in [0.05, 0.1) is 5.75 Å². The Bertz CT molecular complexity index is 793. The highest BCUT2D eigenvalue weighted by atomic mass is 32.2. The summed E-state index contributed by atoms with van der Waals surface area (Å²) in [7, 11) is 0. The van der Waals surface area contributed by atoms with Gasteiger partial charge in [0.25, 0.3) is 5.56 Å². The summed E-state index contributed by atoms with van der Waals surface area (Å²) < 4.78 is 10.9. The fourth-order valence-corrected chi connectivity index (χ4v) is 2.50. The van der Waals surface area contributed by atoms with Gasteiger partial charge >= 0.3 is 0 Å². The Labute approximate surface area is 135 Å². The molecule has 0 fully saturated rings. The van der Waals surface area contributed by atoms with Crippen LogP contribution in [0.1, 0.15) is 5.69 Å². The number of H-pyrrole nitrogens is 1. The van der Waals surface area contributed by atoms with Crippen molar-refractivity contribution in [2.24, 2.45) is 0 Å². The molecule has 120 valence electrons. The largest absolute Gasteiger partial charge is 0.486 e. The van der Waals surface area contributed by atoms with Crippen LogP contribution in [0.4, 0.5) is 5.69 Å². The normalized spacial score (nSPS) is 12.7. The number of carbonyl (C=O) groups excluding carboxylic acids is 1. The van der Waals surface area contributed by atoms with Gasteiger partial charge in [-0.3, -0.25) is 14.6 Å². The molecule has 2 N–H and O–H groups in total. The molecule has 0 radical (unpaired) electrons. The van der Waals surface area contributed by atoms with Gasteiger partial charge in [0.2, 0.25) is 5.91 Å². The van der Waals surface area contributed by atoms with Gasteiger partial charge in [0, 0.05) is 11.8 Å². The molecule has 0 atom stereocenters. The van der Waals surface area contributed by atoms with Gasteiger partial charge in [-0.15, -0.1) is 10.2 Å². The second-order valence-electron chi connectivity index (χ2n) is 4.74. The van der Waals surface area contributed by atoms with Crippen molar-refractivity contribution in [2.45, 2.75) is 12.1 Å². The summed E-state index contributed by atoms with van der Waals surface area (Å²) >= 11 is 1.10. The first kappa shape index (κ1) is 15.3. The van der Waals surface area contributed by atoms with Gasteiger partial charge in [-0.2, -0.15) is 0 Å². The highest BCUT2D eigenvalue weighted by Gasteiger charge is 2.13. The van der Waals surface area contributed by atoms with Crippen LogP contribution in [-0.4, -0.2) is 40.1 Å². The van der Waals surface area contributed by atoms with Crippen molar-refractivity contribution < 1.29 is 14.3 Å². The van der Waals surface area contributed by atoms with E-state index in [0.717, 1.165) is 11.8 Å². The Morgan fingerprint density at radius 2 is 2.09 bits per heavy atom. The predicted octanol–water partition coefficient (Wildman–Crippen LogP) is 0.975. The number of nitrogens with one attached hydrogen (secondary N) is 2. The summed E-state index contributed by atoms with van der Waals surface area (Å²) in [5, 5.41) is 10.6. The number of amides is 1. The monoisotopic (exact) mass is 334 g/mol. The number of fused-ring (bicyclic) bond motifs is 1. The number of aryl methyl sites for hydroxylation is 1. The Hall–Kier alpha value is -2.55. The van der Waals surface area contributed by atoms with Gasteiger partial charge in [-0.25, -0.2) is 0 Å². The summed E-state index contributed by atoms with van der Waals surface area (Å²) in [5.41, 5.74) is 0.591. The molecule has 1 aliphatic heterocycles. The van der Waals surface area contributed by atoms with Crippen LogP contribution in [0.5, 0.6) is 11.5 Å². The van der Waals surface area contributed by atoms with E-state index in [1.807, 2.05) is 0 Å². The molecule has 2 heterocycles. The van der Waals surface area contributed by atoms with E-state index in [1.165, 1.54) is 0 Å². The van der Waals surface area contributed by atoms with E-state index < -0.39 is 0 Å². The summed E-state index contributed by atoms with van der Waals surface area (Å²) in [4.78, 5) is 25.9. The molecule has 0 unspecified atom stereocenters. The van der Waals surface area contributed by atoms with Crippen molar-refractivity contribution in [1.82, 2.24) is 15.2 Å². The van der Waals surface area contributed by atoms with Crippen LogP contribution in [0, 0.1) is 6.92 Å². The van der Waals surface area contributed by atoms with Crippen LogP contribution in [0.15, 0.2) is 28.2 Å². The van der Waals surface area contributed by atoms with E-state index in [1.54, 1.807) is 25.1 Å². The van der Waals surface area contributed by atoms with Crippen LogP contribution in [0.2, 0.25) is 0 Å². The molecule has 0 aliphatic carbocycles. The number of thioether (sulfide) groups is 1. The van der Waals surface area contributed by atoms with Crippen molar-refractivity contribution in [3.05, 3.63) is 34.2 Å². The van der Waals surface area contributed by atoms with Crippen molar-refractivity contribution in [2.75, 3.05) is 24.3 Å². The average Bonchev–Trinajstić information content (AvgIpc) is 2.56. The molecule has 1 aliphatic rings. The second-order valence-corrected chi connectivity index (χ2v) is 5.70. The quantitative estimate of drug-likeness (QED) is 0.803. The van der Waals surface area contributed by atoms with E-state index in [2.05, 4.69) is 20.5 Å². The fourth-order valence-electron chi connectivity index (χ4n) is 1.90. The van der Waals surface area contributed by atoms with E-state index >= 15 is 0 Å². The van der Waals surface area contributed by atoms with Gasteiger partial charge < -0.3 is 14.8 Å². The lowest BCUT2D eigenvalue weighted by atomic mass is 10.2. The molecule has 0 saturated carbocycles. The number of aromatic nitrogens is 3.